The molecule has 0 saturated heterocycles. The zero-order valence-electron chi connectivity index (χ0n) is 7.87. The van der Waals surface area contributed by atoms with Crippen molar-refractivity contribution in [1.29, 1.82) is 0 Å². The average molecular weight is 172 g/mol. The Labute approximate surface area is 78.1 Å². The minimum atomic E-state index is -0.113. The summed E-state index contributed by atoms with van der Waals surface area (Å²) in [6, 6.07) is 8.15. The number of carbonyl (C=O) groups excluding carboxylic acids is 1. The fourth-order valence-corrected chi connectivity index (χ4v) is 1.88. The fraction of sp³-hybridized carbons (Fsp3) is 0.250. The van der Waals surface area contributed by atoms with E-state index in [4.69, 9.17) is 0 Å². The third-order valence-electron chi connectivity index (χ3n) is 2.79. The SMILES string of the molecule is CC1(C)C(C=O)=Cc2ccccc21. The molecule has 0 fully saturated rings. The van der Waals surface area contributed by atoms with E-state index in [-0.39, 0.29) is 5.41 Å². The van der Waals surface area contributed by atoms with Crippen molar-refractivity contribution in [3.63, 3.8) is 0 Å². The van der Waals surface area contributed by atoms with Crippen LogP contribution in [0.3, 0.4) is 0 Å². The number of hydrogen-bond acceptors (Lipinski definition) is 1. The summed E-state index contributed by atoms with van der Waals surface area (Å²) in [6.07, 6.45) is 2.93. The molecule has 0 bridgehead atoms. The highest BCUT2D eigenvalue weighted by Gasteiger charge is 2.31. The second-order valence-corrected chi connectivity index (χ2v) is 3.93. The molecule has 0 amide bonds. The van der Waals surface area contributed by atoms with Crippen LogP contribution in [0.2, 0.25) is 0 Å². The van der Waals surface area contributed by atoms with Crippen molar-refractivity contribution in [1.82, 2.24) is 0 Å². The lowest BCUT2D eigenvalue weighted by atomic mass is 9.82. The first-order valence-electron chi connectivity index (χ1n) is 4.43. The van der Waals surface area contributed by atoms with E-state index in [1.54, 1.807) is 0 Å². The Morgan fingerprint density at radius 1 is 1.23 bits per heavy atom. The standard InChI is InChI=1S/C12H12O/c1-12(2)10(8-13)7-9-5-3-4-6-11(9)12/h3-8H,1-2H3. The first kappa shape index (κ1) is 8.24. The smallest absolute Gasteiger partial charge is 0.146 e. The summed E-state index contributed by atoms with van der Waals surface area (Å²) in [4.78, 5) is 10.8. The molecule has 0 radical (unpaired) electrons. The molecular formula is C12H12O. The minimum Gasteiger partial charge on any atom is -0.298 e. The van der Waals surface area contributed by atoms with E-state index in [2.05, 4.69) is 19.9 Å². The lowest BCUT2D eigenvalue weighted by Gasteiger charge is -2.20. The number of hydrogen-bond donors (Lipinski definition) is 0. The maximum absolute atomic E-state index is 10.8. The van der Waals surface area contributed by atoms with Crippen molar-refractivity contribution in [3.05, 3.63) is 41.0 Å². The van der Waals surface area contributed by atoms with E-state index in [1.807, 2.05) is 24.3 Å². The average Bonchev–Trinajstić information content (AvgIpc) is 2.39. The predicted octanol–water partition coefficient (Wildman–Crippen LogP) is 2.56. The molecule has 1 aliphatic rings. The first-order chi connectivity index (χ1) is 6.16. The molecule has 1 aliphatic carbocycles. The number of benzene rings is 1. The third kappa shape index (κ3) is 1.04. The quantitative estimate of drug-likeness (QED) is 0.595. The summed E-state index contributed by atoms with van der Waals surface area (Å²) in [5.74, 6) is 0. The van der Waals surface area contributed by atoms with Gasteiger partial charge in [-0.25, -0.2) is 0 Å². The van der Waals surface area contributed by atoms with Crippen LogP contribution in [-0.4, -0.2) is 6.29 Å². The molecular weight excluding hydrogens is 160 g/mol. The fourth-order valence-electron chi connectivity index (χ4n) is 1.88. The summed E-state index contributed by atoms with van der Waals surface area (Å²) in [6.45, 7) is 4.16. The van der Waals surface area contributed by atoms with Crippen molar-refractivity contribution < 1.29 is 4.79 Å². The van der Waals surface area contributed by atoms with Crippen LogP contribution in [0.4, 0.5) is 0 Å². The normalized spacial score (nSPS) is 17.8. The maximum Gasteiger partial charge on any atom is 0.146 e. The van der Waals surface area contributed by atoms with Crippen LogP contribution in [-0.2, 0) is 10.2 Å². The molecule has 0 saturated carbocycles. The van der Waals surface area contributed by atoms with Crippen LogP contribution in [0.25, 0.3) is 6.08 Å². The number of fused-ring (bicyclic) bond motifs is 1. The topological polar surface area (TPSA) is 17.1 Å². The van der Waals surface area contributed by atoms with Gasteiger partial charge < -0.3 is 0 Å². The molecule has 1 heteroatoms. The molecule has 66 valence electrons. The largest absolute Gasteiger partial charge is 0.298 e. The van der Waals surface area contributed by atoms with E-state index < -0.39 is 0 Å². The first-order valence-corrected chi connectivity index (χ1v) is 4.43. The Kier molecular flexibility index (Phi) is 1.62. The molecule has 1 aromatic carbocycles. The molecule has 0 heterocycles. The van der Waals surface area contributed by atoms with Gasteiger partial charge in [-0.05, 0) is 17.2 Å². The van der Waals surface area contributed by atoms with E-state index in [9.17, 15) is 4.79 Å². The van der Waals surface area contributed by atoms with Gasteiger partial charge in [0.25, 0.3) is 0 Å². The number of rotatable bonds is 1. The van der Waals surface area contributed by atoms with Gasteiger partial charge in [0.05, 0.1) is 0 Å². The van der Waals surface area contributed by atoms with Gasteiger partial charge in [-0.15, -0.1) is 0 Å². The van der Waals surface area contributed by atoms with Crippen molar-refractivity contribution in [2.24, 2.45) is 0 Å². The monoisotopic (exact) mass is 172 g/mol. The third-order valence-corrected chi connectivity index (χ3v) is 2.79. The van der Waals surface area contributed by atoms with Gasteiger partial charge in [0.1, 0.15) is 6.29 Å². The summed E-state index contributed by atoms with van der Waals surface area (Å²) in [7, 11) is 0. The van der Waals surface area contributed by atoms with Crippen LogP contribution >= 0.6 is 0 Å². The molecule has 1 nitrogen and oxygen atoms in total. The van der Waals surface area contributed by atoms with Crippen molar-refractivity contribution in [3.8, 4) is 0 Å². The van der Waals surface area contributed by atoms with Crippen LogP contribution in [0.1, 0.15) is 25.0 Å². The van der Waals surface area contributed by atoms with Crippen molar-refractivity contribution >= 4 is 12.4 Å². The molecule has 0 atom stereocenters. The van der Waals surface area contributed by atoms with Crippen LogP contribution in [0.15, 0.2) is 29.8 Å². The number of aldehydes is 1. The zero-order valence-corrected chi connectivity index (χ0v) is 7.87. The van der Waals surface area contributed by atoms with Gasteiger partial charge in [-0.2, -0.15) is 0 Å². The molecule has 1 aromatic rings. The van der Waals surface area contributed by atoms with Gasteiger partial charge in [0.15, 0.2) is 0 Å². The van der Waals surface area contributed by atoms with Crippen molar-refractivity contribution in [2.75, 3.05) is 0 Å². The highest BCUT2D eigenvalue weighted by Crippen LogP contribution is 2.39. The van der Waals surface area contributed by atoms with E-state index in [0.29, 0.717) is 0 Å². The van der Waals surface area contributed by atoms with E-state index in [0.717, 1.165) is 11.9 Å². The second kappa shape index (κ2) is 2.56. The summed E-state index contributed by atoms with van der Waals surface area (Å²) in [5.41, 5.74) is 3.18. The van der Waals surface area contributed by atoms with Gasteiger partial charge in [0.2, 0.25) is 0 Å². The highest BCUT2D eigenvalue weighted by molar-refractivity contribution is 5.90. The zero-order chi connectivity index (χ0) is 9.47. The molecule has 0 unspecified atom stereocenters. The Morgan fingerprint density at radius 2 is 1.92 bits per heavy atom. The Hall–Kier alpha value is -1.37. The molecule has 0 N–H and O–H groups in total. The second-order valence-electron chi connectivity index (χ2n) is 3.93. The van der Waals surface area contributed by atoms with Crippen LogP contribution in [0.5, 0.6) is 0 Å². The van der Waals surface area contributed by atoms with Gasteiger partial charge in [-0.1, -0.05) is 38.1 Å². The van der Waals surface area contributed by atoms with Crippen LogP contribution < -0.4 is 0 Å². The van der Waals surface area contributed by atoms with Crippen LogP contribution in [0, 0.1) is 0 Å². The molecule has 0 spiro atoms. The highest BCUT2D eigenvalue weighted by atomic mass is 16.1. The lowest BCUT2D eigenvalue weighted by Crippen LogP contribution is -2.17. The maximum atomic E-state index is 10.8. The summed E-state index contributed by atoms with van der Waals surface area (Å²) in [5, 5.41) is 0. The summed E-state index contributed by atoms with van der Waals surface area (Å²) >= 11 is 0. The van der Waals surface area contributed by atoms with Gasteiger partial charge in [0, 0.05) is 11.0 Å². The summed E-state index contributed by atoms with van der Waals surface area (Å²) < 4.78 is 0. The predicted molar refractivity (Wildman–Crippen MR) is 53.5 cm³/mol. The minimum absolute atomic E-state index is 0.113. The number of allylic oxidation sites excluding steroid dienone is 1. The van der Waals surface area contributed by atoms with E-state index >= 15 is 0 Å². The van der Waals surface area contributed by atoms with Crippen molar-refractivity contribution in [2.45, 2.75) is 19.3 Å². The Bertz CT molecular complexity index is 386. The Morgan fingerprint density at radius 3 is 2.54 bits per heavy atom. The van der Waals surface area contributed by atoms with Gasteiger partial charge in [-0.3, -0.25) is 4.79 Å². The lowest BCUT2D eigenvalue weighted by molar-refractivity contribution is -0.105. The molecule has 0 aromatic heterocycles. The van der Waals surface area contributed by atoms with E-state index in [1.165, 1.54) is 11.1 Å². The van der Waals surface area contributed by atoms with Gasteiger partial charge >= 0.3 is 0 Å². The molecule has 13 heavy (non-hydrogen) atoms. The molecule has 0 aliphatic heterocycles. The Balaban J connectivity index is 2.64. The molecule has 2 rings (SSSR count). The number of carbonyl (C=O) groups is 1.